The first kappa shape index (κ1) is 21.9. The molecule has 2 aromatic carbocycles. The van der Waals surface area contributed by atoms with Gasteiger partial charge in [-0.15, -0.1) is 0 Å². The first-order valence-corrected chi connectivity index (χ1v) is 10.6. The van der Waals surface area contributed by atoms with E-state index in [1.807, 2.05) is 19.1 Å². The standard InChI is InChI=1S/C21H28N2O4S/c1-15(2)17-11-10-16(3)19(12-17)27-14-21(24)22-13-18-8-6-7-9-20(18)28(25,26)23(4)5/h6-12,15H,13-14H2,1-5H3,(H,22,24). The van der Waals surface area contributed by atoms with E-state index in [0.29, 0.717) is 17.2 Å². The number of nitrogens with one attached hydrogen (secondary N) is 1. The monoisotopic (exact) mass is 404 g/mol. The second-order valence-corrected chi connectivity index (χ2v) is 9.26. The van der Waals surface area contributed by atoms with Crippen LogP contribution in [0.1, 0.15) is 36.5 Å². The highest BCUT2D eigenvalue weighted by molar-refractivity contribution is 7.89. The summed E-state index contributed by atoms with van der Waals surface area (Å²) in [6.07, 6.45) is 0. The Hall–Kier alpha value is -2.38. The van der Waals surface area contributed by atoms with Crippen molar-refractivity contribution in [3.8, 4) is 5.75 Å². The molecule has 0 aliphatic rings. The summed E-state index contributed by atoms with van der Waals surface area (Å²) < 4.78 is 31.7. The van der Waals surface area contributed by atoms with Gasteiger partial charge in [-0.1, -0.05) is 44.2 Å². The molecule has 0 heterocycles. The molecule has 28 heavy (non-hydrogen) atoms. The van der Waals surface area contributed by atoms with Gasteiger partial charge in [0, 0.05) is 20.6 Å². The molecule has 152 valence electrons. The SMILES string of the molecule is Cc1ccc(C(C)C)cc1OCC(=O)NCc1ccccc1S(=O)(=O)N(C)C. The number of ether oxygens (including phenoxy) is 1. The zero-order chi connectivity index (χ0) is 20.9. The first-order valence-electron chi connectivity index (χ1n) is 9.13. The normalized spacial score (nSPS) is 11.7. The van der Waals surface area contributed by atoms with Crippen LogP contribution in [0.3, 0.4) is 0 Å². The lowest BCUT2D eigenvalue weighted by Crippen LogP contribution is -2.30. The number of carbonyl (C=O) groups excluding carboxylic acids is 1. The highest BCUT2D eigenvalue weighted by Gasteiger charge is 2.20. The van der Waals surface area contributed by atoms with E-state index in [1.165, 1.54) is 20.2 Å². The minimum Gasteiger partial charge on any atom is -0.483 e. The maximum atomic E-state index is 12.4. The van der Waals surface area contributed by atoms with Crippen molar-refractivity contribution in [2.24, 2.45) is 0 Å². The molecule has 7 heteroatoms. The van der Waals surface area contributed by atoms with E-state index in [9.17, 15) is 13.2 Å². The summed E-state index contributed by atoms with van der Waals surface area (Å²) in [6, 6.07) is 12.6. The fraction of sp³-hybridized carbons (Fsp3) is 0.381. The van der Waals surface area contributed by atoms with Crippen LogP contribution in [0.15, 0.2) is 47.4 Å². The number of amides is 1. The van der Waals surface area contributed by atoms with Crippen LogP contribution in [-0.4, -0.2) is 39.3 Å². The van der Waals surface area contributed by atoms with Gasteiger partial charge in [0.1, 0.15) is 5.75 Å². The van der Waals surface area contributed by atoms with Gasteiger partial charge in [0.2, 0.25) is 10.0 Å². The van der Waals surface area contributed by atoms with Crippen LogP contribution >= 0.6 is 0 Å². The number of hydrogen-bond acceptors (Lipinski definition) is 4. The van der Waals surface area contributed by atoms with Gasteiger partial charge in [0.25, 0.3) is 5.91 Å². The van der Waals surface area contributed by atoms with Crippen molar-refractivity contribution >= 4 is 15.9 Å². The Bertz CT molecular complexity index is 937. The summed E-state index contributed by atoms with van der Waals surface area (Å²) in [5.74, 6) is 0.732. The predicted molar refractivity (Wildman–Crippen MR) is 110 cm³/mol. The lowest BCUT2D eigenvalue weighted by atomic mass is 10.0. The maximum absolute atomic E-state index is 12.4. The Morgan fingerprint density at radius 2 is 1.82 bits per heavy atom. The molecule has 0 radical (unpaired) electrons. The summed E-state index contributed by atoms with van der Waals surface area (Å²) >= 11 is 0. The van der Waals surface area contributed by atoms with Crippen LogP contribution in [0.25, 0.3) is 0 Å². The van der Waals surface area contributed by atoms with Crippen molar-refractivity contribution in [2.45, 2.75) is 38.1 Å². The molecule has 0 bridgehead atoms. The second-order valence-electron chi connectivity index (χ2n) is 7.14. The third kappa shape index (κ3) is 5.33. The van der Waals surface area contributed by atoms with Crippen LogP contribution < -0.4 is 10.1 Å². The molecule has 0 spiro atoms. The summed E-state index contributed by atoms with van der Waals surface area (Å²) in [4.78, 5) is 12.4. The number of aryl methyl sites for hydroxylation is 1. The fourth-order valence-electron chi connectivity index (χ4n) is 2.62. The Morgan fingerprint density at radius 1 is 1.14 bits per heavy atom. The largest absolute Gasteiger partial charge is 0.483 e. The van der Waals surface area contributed by atoms with Gasteiger partial charge in [-0.2, -0.15) is 0 Å². The molecule has 0 saturated carbocycles. The summed E-state index contributed by atoms with van der Waals surface area (Å²) in [6.45, 7) is 6.10. The first-order chi connectivity index (χ1) is 13.1. The molecule has 0 aromatic heterocycles. The topological polar surface area (TPSA) is 75.7 Å². The Kier molecular flexibility index (Phi) is 7.21. The lowest BCUT2D eigenvalue weighted by Gasteiger charge is -2.16. The van der Waals surface area contributed by atoms with Crippen molar-refractivity contribution in [3.05, 3.63) is 59.2 Å². The van der Waals surface area contributed by atoms with Crippen molar-refractivity contribution in [3.63, 3.8) is 0 Å². The molecule has 6 nitrogen and oxygen atoms in total. The summed E-state index contributed by atoms with van der Waals surface area (Å²) in [5.41, 5.74) is 2.63. The predicted octanol–water partition coefficient (Wildman–Crippen LogP) is 3.06. The highest BCUT2D eigenvalue weighted by atomic mass is 32.2. The summed E-state index contributed by atoms with van der Waals surface area (Å²) in [5, 5.41) is 2.73. The van der Waals surface area contributed by atoms with Crippen molar-refractivity contribution in [2.75, 3.05) is 20.7 Å². The van der Waals surface area contributed by atoms with E-state index in [1.54, 1.807) is 18.2 Å². The number of rotatable bonds is 8. The van der Waals surface area contributed by atoms with Crippen molar-refractivity contribution in [1.82, 2.24) is 9.62 Å². The Morgan fingerprint density at radius 3 is 2.46 bits per heavy atom. The average molecular weight is 405 g/mol. The second kappa shape index (κ2) is 9.21. The third-order valence-electron chi connectivity index (χ3n) is 4.44. The average Bonchev–Trinajstić information content (AvgIpc) is 2.65. The van der Waals surface area contributed by atoms with Crippen molar-refractivity contribution in [1.29, 1.82) is 0 Å². The lowest BCUT2D eigenvalue weighted by molar-refractivity contribution is -0.123. The van der Waals surface area contributed by atoms with Crippen LogP contribution in [0.2, 0.25) is 0 Å². The van der Waals surface area contributed by atoms with Gasteiger partial charge in [-0.25, -0.2) is 12.7 Å². The molecule has 0 aliphatic heterocycles. The molecule has 1 N–H and O–H groups in total. The number of carbonyl (C=O) groups is 1. The van der Waals surface area contributed by atoms with E-state index in [2.05, 4.69) is 25.2 Å². The van der Waals surface area contributed by atoms with Gasteiger partial charge in [-0.05, 0) is 41.7 Å². The molecular weight excluding hydrogens is 376 g/mol. The molecule has 0 atom stereocenters. The number of benzene rings is 2. The number of nitrogens with zero attached hydrogens (tertiary/aromatic N) is 1. The molecular formula is C21H28N2O4S. The smallest absolute Gasteiger partial charge is 0.258 e. The molecule has 0 saturated heterocycles. The van der Waals surface area contributed by atoms with Gasteiger partial charge in [0.05, 0.1) is 4.90 Å². The minimum absolute atomic E-state index is 0.108. The van der Waals surface area contributed by atoms with Crippen LogP contribution in [0.5, 0.6) is 5.75 Å². The summed E-state index contributed by atoms with van der Waals surface area (Å²) in [7, 11) is -0.622. The Labute approximate surface area is 167 Å². The zero-order valence-electron chi connectivity index (χ0n) is 17.0. The quantitative estimate of drug-likeness (QED) is 0.734. The molecule has 1 amide bonds. The van der Waals surface area contributed by atoms with Crippen LogP contribution in [0, 0.1) is 6.92 Å². The van der Waals surface area contributed by atoms with Gasteiger partial charge in [0.15, 0.2) is 6.61 Å². The molecule has 0 aliphatic carbocycles. The number of hydrogen-bond donors (Lipinski definition) is 1. The molecule has 2 rings (SSSR count). The van der Waals surface area contributed by atoms with E-state index >= 15 is 0 Å². The van der Waals surface area contributed by atoms with Gasteiger partial charge >= 0.3 is 0 Å². The zero-order valence-corrected chi connectivity index (χ0v) is 17.8. The Balaban J connectivity index is 2.02. The fourth-order valence-corrected chi connectivity index (χ4v) is 3.73. The van der Waals surface area contributed by atoms with Crippen molar-refractivity contribution < 1.29 is 17.9 Å². The van der Waals surface area contributed by atoms with Crippen LogP contribution in [0.4, 0.5) is 0 Å². The van der Waals surface area contributed by atoms with E-state index in [-0.39, 0.29) is 24.0 Å². The number of sulfonamides is 1. The van der Waals surface area contributed by atoms with E-state index < -0.39 is 10.0 Å². The highest BCUT2D eigenvalue weighted by Crippen LogP contribution is 2.24. The van der Waals surface area contributed by atoms with Crippen LogP contribution in [-0.2, 0) is 21.4 Å². The maximum Gasteiger partial charge on any atom is 0.258 e. The molecule has 2 aromatic rings. The van der Waals surface area contributed by atoms with E-state index in [0.717, 1.165) is 15.4 Å². The third-order valence-corrected chi connectivity index (χ3v) is 6.36. The van der Waals surface area contributed by atoms with E-state index in [4.69, 9.17) is 4.74 Å². The van der Waals surface area contributed by atoms with Gasteiger partial charge in [-0.3, -0.25) is 4.79 Å². The minimum atomic E-state index is -3.58. The molecule has 0 unspecified atom stereocenters. The van der Waals surface area contributed by atoms with Gasteiger partial charge < -0.3 is 10.1 Å². The molecule has 0 fully saturated rings.